The van der Waals surface area contributed by atoms with Crippen LogP contribution >= 0.6 is 0 Å². The topological polar surface area (TPSA) is 326 Å². The number of nitrogens with zero attached hydrogens (tertiary/aromatic N) is 1. The van der Waals surface area contributed by atoms with E-state index in [1.54, 1.807) is 32.2 Å². The van der Waals surface area contributed by atoms with Crippen LogP contribution < -0.4 is 14.2 Å². The number of Topliss-reactive ketones (excluding diaryl/α,β-unsaturated/α-hetero) is 1. The van der Waals surface area contributed by atoms with Gasteiger partial charge in [0, 0.05) is 62.0 Å². The van der Waals surface area contributed by atoms with Gasteiger partial charge in [-0.05, 0) is 107 Å². The van der Waals surface area contributed by atoms with Gasteiger partial charge in [-0.3, -0.25) is 19.2 Å². The lowest BCUT2D eigenvalue weighted by atomic mass is 9.44. The monoisotopic (exact) mass is 1150 g/mol. The average molecular weight is 1150 g/mol. The van der Waals surface area contributed by atoms with Gasteiger partial charge < -0.3 is 79.3 Å². The van der Waals surface area contributed by atoms with Crippen molar-refractivity contribution >= 4 is 29.5 Å². The summed E-state index contributed by atoms with van der Waals surface area (Å²) in [7, 11) is 3.84. The number of alkyl halides is 1. The maximum Gasteiger partial charge on any atom is 0.339 e. The Balaban J connectivity index is 0.000000161. The normalized spacial score (nSPS) is 34.4. The Bertz CT molecular complexity index is 2820. The van der Waals surface area contributed by atoms with Gasteiger partial charge >= 0.3 is 17.9 Å². The molecular weight excluding hydrogens is 1070 g/mol. The first-order chi connectivity index (χ1) is 38.7. The number of ketones is 2. The van der Waals surface area contributed by atoms with Crippen LogP contribution in [-0.4, -0.2) is 187 Å². The maximum absolute atomic E-state index is 17.4. The van der Waals surface area contributed by atoms with E-state index < -0.39 is 114 Å². The number of carboxylic acid groups (broad SMARTS) is 1. The molecule has 6 aliphatic carbocycles. The van der Waals surface area contributed by atoms with Crippen LogP contribution in [0.2, 0.25) is 0 Å². The number of para-hydroxylation sites is 1. The molecule has 3 aliphatic heterocycles. The smallest absolute Gasteiger partial charge is 0.339 e. The molecular formula is C60H78FNO20. The number of hydrogen-bond donors (Lipinski definition) is 9. The van der Waals surface area contributed by atoms with Crippen molar-refractivity contribution in [1.82, 2.24) is 4.90 Å². The van der Waals surface area contributed by atoms with Crippen LogP contribution in [0.5, 0.6) is 17.2 Å². The molecule has 2 aromatic rings. The lowest BCUT2D eigenvalue weighted by Gasteiger charge is -2.62. The number of esters is 2. The van der Waals surface area contributed by atoms with E-state index in [0.29, 0.717) is 44.1 Å². The number of carbonyl (C=O) groups is 5. The molecule has 4 unspecified atom stereocenters. The third-order valence-electron chi connectivity index (χ3n) is 18.7. The minimum atomic E-state index is -2.00. The number of rotatable bonds is 11. The third-order valence-corrected chi connectivity index (χ3v) is 18.7. The Morgan fingerprint density at radius 2 is 1.54 bits per heavy atom. The molecule has 9 N–H and O–H groups in total. The highest BCUT2D eigenvalue weighted by Gasteiger charge is 2.81. The summed E-state index contributed by atoms with van der Waals surface area (Å²) < 4.78 is 52.3. The summed E-state index contributed by atoms with van der Waals surface area (Å²) in [5.74, 6) is -2.69. The van der Waals surface area contributed by atoms with Gasteiger partial charge in [0.1, 0.15) is 41.8 Å². The Morgan fingerprint density at radius 1 is 0.866 bits per heavy atom. The molecule has 9 aliphatic rings. The molecule has 11 rings (SSSR count). The maximum atomic E-state index is 17.4. The molecule has 0 radical (unpaired) electrons. The van der Waals surface area contributed by atoms with Crippen molar-refractivity contribution in [3.05, 3.63) is 89.0 Å². The highest BCUT2D eigenvalue weighted by Crippen LogP contribution is 2.73. The summed E-state index contributed by atoms with van der Waals surface area (Å²) in [4.78, 5) is 61.1. The van der Waals surface area contributed by atoms with Gasteiger partial charge in [-0.25, -0.2) is 9.18 Å². The summed E-state index contributed by atoms with van der Waals surface area (Å²) >= 11 is 0. The van der Waals surface area contributed by atoms with Crippen LogP contribution in [0.1, 0.15) is 113 Å². The van der Waals surface area contributed by atoms with E-state index in [1.165, 1.54) is 49.3 Å². The number of ether oxygens (including phenoxy) is 6. The number of methoxy groups -OCH3 is 1. The first-order valence-corrected chi connectivity index (χ1v) is 27.9. The molecule has 15 atom stereocenters. The van der Waals surface area contributed by atoms with Crippen LogP contribution in [0.3, 0.4) is 0 Å². The van der Waals surface area contributed by atoms with Crippen molar-refractivity contribution < 1.29 is 103 Å². The van der Waals surface area contributed by atoms with Gasteiger partial charge in [0.2, 0.25) is 5.78 Å². The van der Waals surface area contributed by atoms with Crippen LogP contribution in [0.4, 0.5) is 4.39 Å². The summed E-state index contributed by atoms with van der Waals surface area (Å²) in [5, 5.41) is 82.5. The highest BCUT2D eigenvalue weighted by atomic mass is 19.1. The number of aromatic carboxylic acids is 1. The van der Waals surface area contributed by atoms with Gasteiger partial charge in [0.05, 0.1) is 44.1 Å². The van der Waals surface area contributed by atoms with E-state index in [1.807, 2.05) is 19.1 Å². The molecule has 82 heavy (non-hydrogen) atoms. The minimum absolute atomic E-state index is 0.00838. The predicted molar refractivity (Wildman–Crippen MR) is 288 cm³/mol. The molecule has 3 heterocycles. The van der Waals surface area contributed by atoms with Crippen LogP contribution in [-0.2, 0) is 45.3 Å². The van der Waals surface area contributed by atoms with Gasteiger partial charge in [0.15, 0.2) is 40.9 Å². The van der Waals surface area contributed by atoms with Crippen LogP contribution in [0, 0.1) is 22.7 Å². The Morgan fingerprint density at radius 3 is 2.16 bits per heavy atom. The summed E-state index contributed by atoms with van der Waals surface area (Å²) in [6, 6.07) is 10.1. The second-order valence-corrected chi connectivity index (χ2v) is 23.6. The molecule has 450 valence electrons. The SMILES string of the molecule is CC(=O)OCC(=O)[C@@]12OC3(CCCC3)O[C@@H]1C[C@H]1[C@@H]3CCC4=CC(=O)C=C[C@]4(C)[C@@]3(F)[C@@H](O)C[C@@]12C.CC(=O)Oc1ccccc1C(=O)O.COc1ccc2c3c1O[C@H]1C[C@@H](O)C=C[C@@]31CCN(C)C2.OCC(O)C(O)C(O)C(O)CO. The van der Waals surface area contributed by atoms with Gasteiger partial charge in [-0.2, -0.15) is 0 Å². The van der Waals surface area contributed by atoms with E-state index in [0.717, 1.165) is 43.9 Å². The standard InChI is InChI=1S/C28H35FO7.C17H21NO3.C9H8O4.C6H14O6/c1-16(30)34-15-22(33)28-23(35-26(36-28)9-4-5-10-26)13-20-19-7-6-17-12-18(31)8-11-24(17,2)27(19,29)21(32)14-25(20,28)3;1-18-8-7-17-6-5-12(19)9-14(17)21-16-13(20-2)4-3-11(10-18)15(16)17;1-6(10)13-8-5-3-2-4-7(8)9(11)12;7-1-3(9)5(11)6(12)4(10)2-8/h8,11-12,19-21,23,32H,4-7,9-10,13-15H2,1-3H3;3-6,12,14,19H,7-10H2,1-2H3;2-5H,1H3,(H,11,12);3-12H,1-2H2/t19-,20-,21-,23+,24-,25-,27-,28+;12-,14-,17-;;/m00../s1. The lowest BCUT2D eigenvalue weighted by molar-refractivity contribution is -0.253. The van der Waals surface area contributed by atoms with Crippen molar-refractivity contribution in [2.24, 2.45) is 22.7 Å². The second kappa shape index (κ2) is 24.2. The number of carboxylic acids is 1. The predicted octanol–water partition coefficient (Wildman–Crippen LogP) is 3.10. The largest absolute Gasteiger partial charge is 0.493 e. The summed E-state index contributed by atoms with van der Waals surface area (Å²) in [6.45, 7) is 6.24. The summed E-state index contributed by atoms with van der Waals surface area (Å²) in [5.41, 5.74) is -2.25. The molecule has 2 aromatic carbocycles. The minimum Gasteiger partial charge on any atom is -0.493 e. The van der Waals surface area contributed by atoms with E-state index >= 15 is 4.39 Å². The van der Waals surface area contributed by atoms with Crippen molar-refractivity contribution in [1.29, 1.82) is 0 Å². The zero-order chi connectivity index (χ0) is 59.9. The second-order valence-electron chi connectivity index (χ2n) is 23.6. The fourth-order valence-electron chi connectivity index (χ4n) is 14.7. The van der Waals surface area contributed by atoms with Crippen molar-refractivity contribution in [2.75, 3.05) is 40.5 Å². The molecule has 21 nitrogen and oxygen atoms in total. The molecule has 5 fully saturated rings. The fourth-order valence-corrected chi connectivity index (χ4v) is 14.7. The molecule has 0 amide bonds. The van der Waals surface area contributed by atoms with E-state index in [2.05, 4.69) is 28.8 Å². The summed E-state index contributed by atoms with van der Waals surface area (Å²) in [6.07, 6.45) is 6.22. The Hall–Kier alpha value is -5.50. The van der Waals surface area contributed by atoms with E-state index in [9.17, 15) is 34.2 Å². The van der Waals surface area contributed by atoms with Crippen LogP contribution in [0.15, 0.2) is 72.4 Å². The quantitative estimate of drug-likeness (QED) is 0.0887. The number of aliphatic hydroxyl groups is 8. The number of hydrogen-bond acceptors (Lipinski definition) is 20. The van der Waals surface area contributed by atoms with E-state index in [-0.39, 0.29) is 46.7 Å². The zero-order valence-corrected chi connectivity index (χ0v) is 47.1. The Kier molecular flexibility index (Phi) is 18.5. The zero-order valence-electron chi connectivity index (χ0n) is 47.1. The van der Waals surface area contributed by atoms with Crippen LogP contribution in [0.25, 0.3) is 0 Å². The van der Waals surface area contributed by atoms with Gasteiger partial charge in [-0.15, -0.1) is 0 Å². The number of carbonyl (C=O) groups excluding carboxylic acids is 4. The number of halogens is 1. The van der Waals surface area contributed by atoms with Gasteiger partial charge in [0.25, 0.3) is 0 Å². The fraction of sp³-hybridized carbons (Fsp3) is 0.617. The molecule has 22 heteroatoms. The molecule has 0 bridgehead atoms. The number of allylic oxidation sites excluding steroid dienone is 4. The number of benzene rings is 2. The molecule has 4 saturated carbocycles. The number of fused-ring (bicyclic) bond motifs is 7. The average Bonchev–Trinajstić information content (AvgIpc) is 1.52. The van der Waals surface area contributed by atoms with Crippen molar-refractivity contribution in [3.63, 3.8) is 0 Å². The Labute approximate surface area is 474 Å². The molecule has 0 aromatic heterocycles. The van der Waals surface area contributed by atoms with Crippen molar-refractivity contribution in [3.8, 4) is 17.2 Å². The first kappa shape index (κ1) is 62.5. The third kappa shape index (κ3) is 11.0. The molecule has 2 spiro atoms. The van der Waals surface area contributed by atoms with Crippen molar-refractivity contribution in [2.45, 2.75) is 170 Å². The first-order valence-electron chi connectivity index (χ1n) is 27.9. The highest BCUT2D eigenvalue weighted by molar-refractivity contribution is 6.01. The van der Waals surface area contributed by atoms with E-state index in [4.69, 9.17) is 59.4 Å². The molecule has 1 saturated heterocycles. The van der Waals surface area contributed by atoms with Gasteiger partial charge in [-0.1, -0.05) is 48.9 Å². The number of aliphatic hydroxyl groups excluding tert-OH is 8. The lowest BCUT2D eigenvalue weighted by Crippen LogP contribution is -2.70.